The molecule has 21 heavy (non-hydrogen) atoms. The predicted molar refractivity (Wildman–Crippen MR) is 70.6 cm³/mol. The molecular weight excluding hydrogens is 276 g/mol. The van der Waals surface area contributed by atoms with E-state index in [0.29, 0.717) is 5.75 Å². The lowest BCUT2D eigenvalue weighted by molar-refractivity contribution is -0.139. The van der Waals surface area contributed by atoms with Crippen molar-refractivity contribution in [3.8, 4) is 5.75 Å². The second-order valence-electron chi connectivity index (χ2n) is 4.67. The standard InChI is InChI=1S/C15H14O6/c1-18-8-6-4-5-7-9(8)13-11(15(17)20-3)10(12(7)21-13)14(16)19-2/h4-6,12-13H,1-3H3. The molecule has 2 bridgehead atoms. The van der Waals surface area contributed by atoms with E-state index in [1.54, 1.807) is 13.2 Å². The smallest absolute Gasteiger partial charge is 0.337 e. The summed E-state index contributed by atoms with van der Waals surface area (Å²) in [5, 5.41) is 0. The molecule has 0 aromatic heterocycles. The third kappa shape index (κ3) is 1.76. The fourth-order valence-corrected chi connectivity index (χ4v) is 2.90. The molecule has 0 N–H and O–H groups in total. The average molecular weight is 290 g/mol. The van der Waals surface area contributed by atoms with Crippen molar-refractivity contribution >= 4 is 11.9 Å². The molecule has 2 heterocycles. The van der Waals surface area contributed by atoms with Gasteiger partial charge in [0.2, 0.25) is 0 Å². The van der Waals surface area contributed by atoms with Gasteiger partial charge in [-0.15, -0.1) is 0 Å². The van der Waals surface area contributed by atoms with E-state index in [1.165, 1.54) is 14.2 Å². The lowest BCUT2D eigenvalue weighted by Gasteiger charge is -2.18. The molecular formula is C15H14O6. The zero-order valence-electron chi connectivity index (χ0n) is 11.8. The highest BCUT2D eigenvalue weighted by Crippen LogP contribution is 2.56. The maximum absolute atomic E-state index is 12.0. The summed E-state index contributed by atoms with van der Waals surface area (Å²) in [4.78, 5) is 24.0. The molecule has 0 radical (unpaired) electrons. The van der Waals surface area contributed by atoms with Crippen molar-refractivity contribution in [3.05, 3.63) is 40.5 Å². The van der Waals surface area contributed by atoms with Gasteiger partial charge in [-0.1, -0.05) is 12.1 Å². The van der Waals surface area contributed by atoms with Crippen molar-refractivity contribution in [2.24, 2.45) is 0 Å². The molecule has 2 atom stereocenters. The Kier molecular flexibility index (Phi) is 3.17. The van der Waals surface area contributed by atoms with E-state index in [2.05, 4.69) is 0 Å². The van der Waals surface area contributed by atoms with E-state index in [-0.39, 0.29) is 11.1 Å². The number of benzene rings is 1. The molecule has 1 aromatic rings. The Morgan fingerprint density at radius 1 is 1.00 bits per heavy atom. The molecule has 1 aromatic carbocycles. The van der Waals surface area contributed by atoms with E-state index in [4.69, 9.17) is 18.9 Å². The molecule has 6 heteroatoms. The van der Waals surface area contributed by atoms with Gasteiger partial charge in [0, 0.05) is 5.56 Å². The van der Waals surface area contributed by atoms with E-state index in [1.807, 2.05) is 12.1 Å². The Morgan fingerprint density at radius 3 is 2.19 bits per heavy atom. The lowest BCUT2D eigenvalue weighted by Crippen LogP contribution is -2.20. The van der Waals surface area contributed by atoms with E-state index in [0.717, 1.165) is 11.1 Å². The van der Waals surface area contributed by atoms with Gasteiger partial charge in [0.05, 0.1) is 32.5 Å². The van der Waals surface area contributed by atoms with Crippen LogP contribution in [0.15, 0.2) is 29.3 Å². The number of ether oxygens (including phenoxy) is 4. The summed E-state index contributed by atoms with van der Waals surface area (Å²) in [6.45, 7) is 0. The van der Waals surface area contributed by atoms with Gasteiger partial charge in [-0.3, -0.25) is 0 Å². The molecule has 2 aliphatic rings. The zero-order valence-corrected chi connectivity index (χ0v) is 11.8. The molecule has 0 amide bonds. The molecule has 3 rings (SSSR count). The molecule has 0 saturated heterocycles. The molecule has 2 unspecified atom stereocenters. The van der Waals surface area contributed by atoms with Crippen LogP contribution in [0.4, 0.5) is 0 Å². The number of fused-ring (bicyclic) bond motifs is 5. The minimum atomic E-state index is -0.664. The monoisotopic (exact) mass is 290 g/mol. The van der Waals surface area contributed by atoms with Gasteiger partial charge >= 0.3 is 11.9 Å². The number of hydrogen-bond acceptors (Lipinski definition) is 6. The van der Waals surface area contributed by atoms with Crippen LogP contribution in [0.2, 0.25) is 0 Å². The van der Waals surface area contributed by atoms with E-state index < -0.39 is 24.1 Å². The molecule has 110 valence electrons. The Hall–Kier alpha value is -2.34. The van der Waals surface area contributed by atoms with Crippen LogP contribution in [0.25, 0.3) is 0 Å². The first-order valence-corrected chi connectivity index (χ1v) is 6.37. The highest BCUT2D eigenvalue weighted by molar-refractivity contribution is 6.04. The van der Waals surface area contributed by atoms with Gasteiger partial charge in [0.15, 0.2) is 0 Å². The highest BCUT2D eigenvalue weighted by Gasteiger charge is 2.51. The van der Waals surface area contributed by atoms with Crippen LogP contribution in [0.1, 0.15) is 23.3 Å². The Bertz CT molecular complexity index is 660. The fourth-order valence-electron chi connectivity index (χ4n) is 2.90. The molecule has 0 aliphatic carbocycles. The van der Waals surface area contributed by atoms with Gasteiger partial charge in [-0.05, 0) is 11.6 Å². The average Bonchev–Trinajstić information content (AvgIpc) is 3.09. The topological polar surface area (TPSA) is 71.1 Å². The lowest BCUT2D eigenvalue weighted by atomic mass is 9.85. The second kappa shape index (κ2) is 4.89. The van der Waals surface area contributed by atoms with Crippen molar-refractivity contribution in [3.63, 3.8) is 0 Å². The van der Waals surface area contributed by atoms with Crippen LogP contribution in [0.3, 0.4) is 0 Å². The van der Waals surface area contributed by atoms with Crippen LogP contribution in [-0.2, 0) is 23.8 Å². The van der Waals surface area contributed by atoms with Gasteiger partial charge in [0.25, 0.3) is 0 Å². The molecule has 6 nitrogen and oxygen atoms in total. The first-order chi connectivity index (χ1) is 10.1. The minimum Gasteiger partial charge on any atom is -0.496 e. The van der Waals surface area contributed by atoms with Crippen molar-refractivity contribution in [1.29, 1.82) is 0 Å². The number of esters is 2. The van der Waals surface area contributed by atoms with Gasteiger partial charge in [-0.25, -0.2) is 9.59 Å². The maximum Gasteiger partial charge on any atom is 0.337 e. The van der Waals surface area contributed by atoms with Crippen LogP contribution in [0.5, 0.6) is 5.75 Å². The number of rotatable bonds is 3. The number of carbonyl (C=O) groups is 2. The summed E-state index contributed by atoms with van der Waals surface area (Å²) in [5.74, 6) is -0.568. The first kappa shape index (κ1) is 13.6. The van der Waals surface area contributed by atoms with Gasteiger partial charge in [0.1, 0.15) is 18.0 Å². The quantitative estimate of drug-likeness (QED) is 0.785. The summed E-state index contributed by atoms with van der Waals surface area (Å²) >= 11 is 0. The number of carbonyl (C=O) groups excluding carboxylic acids is 2. The van der Waals surface area contributed by atoms with Crippen LogP contribution >= 0.6 is 0 Å². The summed E-state index contributed by atoms with van der Waals surface area (Å²) in [6, 6.07) is 5.45. The van der Waals surface area contributed by atoms with Crippen molar-refractivity contribution in [2.75, 3.05) is 21.3 Å². The minimum absolute atomic E-state index is 0.186. The third-order valence-electron chi connectivity index (χ3n) is 3.76. The largest absolute Gasteiger partial charge is 0.496 e. The van der Waals surface area contributed by atoms with Crippen molar-refractivity contribution in [2.45, 2.75) is 12.2 Å². The summed E-state index contributed by atoms with van der Waals surface area (Å²) in [6.07, 6.45) is -1.29. The van der Waals surface area contributed by atoms with Gasteiger partial charge in [-0.2, -0.15) is 0 Å². The number of hydrogen-bond donors (Lipinski definition) is 0. The third-order valence-corrected chi connectivity index (χ3v) is 3.76. The number of methoxy groups -OCH3 is 3. The van der Waals surface area contributed by atoms with Crippen molar-refractivity contribution in [1.82, 2.24) is 0 Å². The zero-order chi connectivity index (χ0) is 15.1. The maximum atomic E-state index is 12.0. The summed E-state index contributed by atoms with van der Waals surface area (Å²) < 4.78 is 20.7. The van der Waals surface area contributed by atoms with Crippen LogP contribution in [0, 0.1) is 0 Å². The normalized spacial score (nSPS) is 22.0. The fraction of sp³-hybridized carbons (Fsp3) is 0.333. The Labute approximate surface area is 121 Å². The summed E-state index contributed by atoms with van der Waals surface area (Å²) in [7, 11) is 4.08. The van der Waals surface area contributed by atoms with Crippen LogP contribution < -0.4 is 4.74 Å². The second-order valence-corrected chi connectivity index (χ2v) is 4.67. The Morgan fingerprint density at radius 2 is 1.62 bits per heavy atom. The summed E-state index contributed by atoms with van der Waals surface area (Å²) in [5.41, 5.74) is 1.96. The van der Waals surface area contributed by atoms with E-state index >= 15 is 0 Å². The molecule has 2 aliphatic heterocycles. The SMILES string of the molecule is COC(=O)C1=C(C(=O)OC)C2OC1c1cccc(OC)c12. The predicted octanol–water partition coefficient (Wildman–Crippen LogP) is 1.46. The molecule has 0 saturated carbocycles. The molecule has 0 spiro atoms. The Balaban J connectivity index is 2.19. The molecule has 0 fully saturated rings. The van der Waals surface area contributed by atoms with E-state index in [9.17, 15) is 9.59 Å². The highest BCUT2D eigenvalue weighted by atomic mass is 16.5. The van der Waals surface area contributed by atoms with Crippen molar-refractivity contribution < 1.29 is 28.5 Å². The van der Waals surface area contributed by atoms with Crippen LogP contribution in [-0.4, -0.2) is 33.3 Å². The van der Waals surface area contributed by atoms with Gasteiger partial charge < -0.3 is 18.9 Å². The first-order valence-electron chi connectivity index (χ1n) is 6.37.